The number of hydrogen-bond acceptors (Lipinski definition) is 6. The lowest BCUT2D eigenvalue weighted by atomic mass is 10.0. The Morgan fingerprint density at radius 1 is 0.263 bits per heavy atom. The Hall–Kier alpha value is -4.19. The number of hydrogen-bond donors (Lipinski definition) is 0. The molecule has 0 bridgehead atoms. The van der Waals surface area contributed by atoms with Crippen molar-refractivity contribution in [3.8, 4) is 0 Å². The first-order valence-corrected chi connectivity index (χ1v) is 33.5. The summed E-state index contributed by atoms with van der Waals surface area (Å²) in [4.78, 5) is 38.1. The molecule has 0 aliphatic heterocycles. The standard InChI is InChI=1S/C74H124O6/c1-4-7-10-13-16-19-21-23-25-27-29-31-33-34-35-36-37-38-39-40-42-43-45-47-49-51-53-55-58-61-64-67-73(76)79-70-71(69-78-72(75)66-63-60-57-18-15-12-9-6-3)80-74(77)68-65-62-59-56-54-52-50-48-46-44-41-32-30-28-26-24-22-20-17-14-11-8-5-2/h8,11,17,20-21,23-24,26-27,29-30,32-34,44,46,50,52,56,59,71H,4-7,9-10,12-16,18-19,22,25,28,31,35-43,45,47-49,51,53-55,57-58,60-70H2,1-3H3/b11-8-,20-17-,23-21-,26-24-,29-27-,32-30-,34-33-,46-44-,52-50-,59-56-. The topological polar surface area (TPSA) is 78.9 Å². The van der Waals surface area contributed by atoms with Crippen molar-refractivity contribution in [3.05, 3.63) is 122 Å². The van der Waals surface area contributed by atoms with Crippen LogP contribution in [0.4, 0.5) is 0 Å². The normalized spacial score (nSPS) is 12.9. The molecule has 0 aliphatic rings. The maximum atomic E-state index is 12.9. The van der Waals surface area contributed by atoms with Crippen LogP contribution in [-0.2, 0) is 28.6 Å². The summed E-state index contributed by atoms with van der Waals surface area (Å²) in [6, 6.07) is 0. The molecule has 0 saturated heterocycles. The lowest BCUT2D eigenvalue weighted by molar-refractivity contribution is -0.167. The quantitative estimate of drug-likeness (QED) is 0.0261. The number of allylic oxidation sites excluding steroid dienone is 20. The second kappa shape index (κ2) is 67.3. The lowest BCUT2D eigenvalue weighted by Crippen LogP contribution is -2.30. The highest BCUT2D eigenvalue weighted by atomic mass is 16.6. The molecule has 456 valence electrons. The summed E-state index contributed by atoms with van der Waals surface area (Å²) >= 11 is 0. The van der Waals surface area contributed by atoms with E-state index in [0.717, 1.165) is 103 Å². The maximum Gasteiger partial charge on any atom is 0.306 e. The summed E-state index contributed by atoms with van der Waals surface area (Å²) in [5, 5.41) is 0. The van der Waals surface area contributed by atoms with Crippen LogP contribution < -0.4 is 0 Å². The molecule has 80 heavy (non-hydrogen) atoms. The van der Waals surface area contributed by atoms with Gasteiger partial charge in [0.15, 0.2) is 6.10 Å². The monoisotopic (exact) mass is 1110 g/mol. The van der Waals surface area contributed by atoms with Gasteiger partial charge in [0.2, 0.25) is 0 Å². The molecule has 0 saturated carbocycles. The van der Waals surface area contributed by atoms with Gasteiger partial charge in [-0.25, -0.2) is 0 Å². The van der Waals surface area contributed by atoms with Crippen LogP contribution in [0.3, 0.4) is 0 Å². The van der Waals surface area contributed by atoms with E-state index in [4.69, 9.17) is 14.2 Å². The highest BCUT2D eigenvalue weighted by Gasteiger charge is 2.19. The minimum Gasteiger partial charge on any atom is -0.462 e. The van der Waals surface area contributed by atoms with Crippen molar-refractivity contribution in [3.63, 3.8) is 0 Å². The van der Waals surface area contributed by atoms with Crippen molar-refractivity contribution in [1.29, 1.82) is 0 Å². The van der Waals surface area contributed by atoms with E-state index in [1.165, 1.54) is 161 Å². The van der Waals surface area contributed by atoms with E-state index in [9.17, 15) is 14.4 Å². The molecule has 0 N–H and O–H groups in total. The largest absolute Gasteiger partial charge is 0.462 e. The van der Waals surface area contributed by atoms with Gasteiger partial charge in [0, 0.05) is 19.3 Å². The molecule has 1 unspecified atom stereocenters. The zero-order valence-corrected chi connectivity index (χ0v) is 52.3. The fraction of sp³-hybridized carbons (Fsp3) is 0.689. The van der Waals surface area contributed by atoms with Crippen molar-refractivity contribution in [1.82, 2.24) is 0 Å². The summed E-state index contributed by atoms with van der Waals surface area (Å²) < 4.78 is 16.8. The molecule has 0 aromatic carbocycles. The molecule has 0 aromatic rings. The minimum absolute atomic E-state index is 0.101. The van der Waals surface area contributed by atoms with Crippen LogP contribution in [-0.4, -0.2) is 37.2 Å². The van der Waals surface area contributed by atoms with Crippen LogP contribution >= 0.6 is 0 Å². The van der Waals surface area contributed by atoms with E-state index in [-0.39, 0.29) is 37.5 Å². The SMILES string of the molecule is CC/C=C\C/C=C\C/C=C\C/C=C\C/C=C\C/C=C\C/C=C\CCCC(=O)OC(COC(=O)CCCCCCCCCC)COC(=O)CCCCCCCCCCCCCCCCCC/C=C\C/C=C\C/C=C\CCCCCCC. The Morgan fingerprint density at radius 3 is 0.800 bits per heavy atom. The molecule has 0 heterocycles. The fourth-order valence-electron chi connectivity index (χ4n) is 9.21. The average Bonchev–Trinajstić information content (AvgIpc) is 3.46. The molecule has 6 heteroatoms. The first-order valence-electron chi connectivity index (χ1n) is 33.5. The maximum absolute atomic E-state index is 12.9. The molecule has 0 aromatic heterocycles. The molecular formula is C74H124O6. The van der Waals surface area contributed by atoms with Gasteiger partial charge < -0.3 is 14.2 Å². The van der Waals surface area contributed by atoms with Gasteiger partial charge in [-0.1, -0.05) is 303 Å². The molecule has 1 atom stereocenters. The Bertz CT molecular complexity index is 1650. The number of esters is 3. The first-order chi connectivity index (χ1) is 39.5. The minimum atomic E-state index is -0.809. The zero-order chi connectivity index (χ0) is 57.8. The van der Waals surface area contributed by atoms with E-state index in [1.807, 2.05) is 0 Å². The number of rotatable bonds is 60. The van der Waals surface area contributed by atoms with Gasteiger partial charge in [0.25, 0.3) is 0 Å². The molecule has 0 spiro atoms. The van der Waals surface area contributed by atoms with Crippen molar-refractivity contribution in [2.24, 2.45) is 0 Å². The van der Waals surface area contributed by atoms with Crippen LogP contribution in [0.25, 0.3) is 0 Å². The molecular weight excluding hydrogens is 985 g/mol. The second-order valence-corrected chi connectivity index (χ2v) is 22.0. The van der Waals surface area contributed by atoms with Gasteiger partial charge in [-0.3, -0.25) is 14.4 Å². The number of ether oxygens (including phenoxy) is 3. The molecule has 0 amide bonds. The van der Waals surface area contributed by atoms with E-state index < -0.39 is 6.10 Å². The van der Waals surface area contributed by atoms with E-state index in [2.05, 4.69) is 142 Å². The number of carbonyl (C=O) groups is 3. The Kier molecular flexibility index (Phi) is 63.8. The van der Waals surface area contributed by atoms with E-state index >= 15 is 0 Å². The van der Waals surface area contributed by atoms with Gasteiger partial charge in [0.1, 0.15) is 13.2 Å². The summed E-state index contributed by atoms with van der Waals surface area (Å²) in [6.07, 6.45) is 93.9. The van der Waals surface area contributed by atoms with Gasteiger partial charge in [-0.2, -0.15) is 0 Å². The molecule has 0 aliphatic carbocycles. The predicted molar refractivity (Wildman–Crippen MR) is 348 cm³/mol. The van der Waals surface area contributed by atoms with Gasteiger partial charge in [-0.15, -0.1) is 0 Å². The first kappa shape index (κ1) is 75.8. The summed E-state index contributed by atoms with van der Waals surface area (Å²) in [7, 11) is 0. The van der Waals surface area contributed by atoms with Crippen LogP contribution in [0.15, 0.2) is 122 Å². The lowest BCUT2D eigenvalue weighted by Gasteiger charge is -2.18. The van der Waals surface area contributed by atoms with Crippen molar-refractivity contribution >= 4 is 17.9 Å². The van der Waals surface area contributed by atoms with Gasteiger partial charge in [0.05, 0.1) is 0 Å². The molecule has 0 radical (unpaired) electrons. The molecule has 6 nitrogen and oxygen atoms in total. The summed E-state index contributed by atoms with van der Waals surface area (Å²) in [5.74, 6) is -0.960. The molecule has 0 rings (SSSR count). The highest BCUT2D eigenvalue weighted by Crippen LogP contribution is 2.16. The third-order valence-electron chi connectivity index (χ3n) is 14.2. The molecule has 0 fully saturated rings. The Morgan fingerprint density at radius 2 is 0.500 bits per heavy atom. The van der Waals surface area contributed by atoms with E-state index in [1.54, 1.807) is 0 Å². The highest BCUT2D eigenvalue weighted by molar-refractivity contribution is 5.71. The van der Waals surface area contributed by atoms with Gasteiger partial charge >= 0.3 is 17.9 Å². The van der Waals surface area contributed by atoms with Crippen molar-refractivity contribution in [2.45, 2.75) is 316 Å². The Labute approximate surface area is 494 Å². The van der Waals surface area contributed by atoms with E-state index in [0.29, 0.717) is 19.3 Å². The second-order valence-electron chi connectivity index (χ2n) is 22.0. The van der Waals surface area contributed by atoms with Crippen molar-refractivity contribution < 1.29 is 28.6 Å². The predicted octanol–water partition coefficient (Wildman–Crippen LogP) is 23.2. The summed E-state index contributed by atoms with van der Waals surface area (Å²) in [6.45, 7) is 6.45. The van der Waals surface area contributed by atoms with Crippen LogP contribution in [0, 0.1) is 0 Å². The summed E-state index contributed by atoms with van der Waals surface area (Å²) in [5.41, 5.74) is 0. The third kappa shape index (κ3) is 64.6. The van der Waals surface area contributed by atoms with Crippen molar-refractivity contribution in [2.75, 3.05) is 13.2 Å². The average molecular weight is 1110 g/mol. The van der Waals surface area contributed by atoms with Crippen LogP contribution in [0.5, 0.6) is 0 Å². The zero-order valence-electron chi connectivity index (χ0n) is 52.3. The van der Waals surface area contributed by atoms with Gasteiger partial charge in [-0.05, 0) is 109 Å². The Balaban J connectivity index is 4.20. The fourth-order valence-corrected chi connectivity index (χ4v) is 9.21. The van der Waals surface area contributed by atoms with Crippen LogP contribution in [0.2, 0.25) is 0 Å². The number of carbonyl (C=O) groups excluding carboxylic acids is 3. The van der Waals surface area contributed by atoms with Crippen LogP contribution in [0.1, 0.15) is 310 Å². The number of unbranched alkanes of at least 4 members (excludes halogenated alkanes) is 29. The third-order valence-corrected chi connectivity index (χ3v) is 14.2. The smallest absolute Gasteiger partial charge is 0.306 e.